The van der Waals surface area contributed by atoms with Gasteiger partial charge in [-0.2, -0.15) is 131 Å². The van der Waals surface area contributed by atoms with Gasteiger partial charge in [-0.3, -0.25) is 0 Å². The first-order valence-electron chi connectivity index (χ1n) is 17.7. The van der Waals surface area contributed by atoms with E-state index in [1.807, 2.05) is 0 Å². The highest BCUT2D eigenvalue weighted by Crippen LogP contribution is 2.42. The lowest BCUT2D eigenvalue weighted by molar-refractivity contribution is -0.144. The molecule has 0 aliphatic carbocycles. The Balaban J connectivity index is 0.00000116. The highest BCUT2D eigenvalue weighted by atomic mass is 31.2. The Hall–Kier alpha value is -4.17. The van der Waals surface area contributed by atoms with E-state index in [4.69, 9.17) is 4.17 Å². The highest BCUT2D eigenvalue weighted by molar-refractivity contribution is 7.71. The maximum absolute atomic E-state index is 14.2. The van der Waals surface area contributed by atoms with Crippen molar-refractivity contribution in [3.63, 3.8) is 0 Å². The number of nitrogens with zero attached hydrogens (tertiary/aromatic N) is 1. The van der Waals surface area contributed by atoms with Crippen LogP contribution in [-0.2, 0) is 49.4 Å². The van der Waals surface area contributed by atoms with Gasteiger partial charge in [0.05, 0.1) is 44.5 Å². The molecule has 0 aromatic heterocycles. The van der Waals surface area contributed by atoms with Gasteiger partial charge in [0.25, 0.3) is 0 Å². The van der Waals surface area contributed by atoms with E-state index in [2.05, 4.69) is 40.0 Å². The molecular formula is C38H30BF24NP2. The van der Waals surface area contributed by atoms with E-state index in [9.17, 15) is 105 Å². The summed E-state index contributed by atoms with van der Waals surface area (Å²) < 4.78 is 346. The summed E-state index contributed by atoms with van der Waals surface area (Å²) >= 11 is 0. The molecule has 0 spiro atoms. The monoisotopic (exact) mass is 1030 g/mol. The molecular weight excluding hydrogens is 999 g/mol. The summed E-state index contributed by atoms with van der Waals surface area (Å²) in [4.78, 5) is 0. The third kappa shape index (κ3) is 14.0. The average molecular weight is 1030 g/mol. The molecule has 0 heterocycles. The molecule has 0 radical (unpaired) electrons. The van der Waals surface area contributed by atoms with Gasteiger partial charge < -0.3 is 0 Å². The molecule has 4 rings (SSSR count). The molecule has 1 nitrogen and oxygen atoms in total. The van der Waals surface area contributed by atoms with Gasteiger partial charge in [-0.1, -0.05) is 48.5 Å². The molecule has 66 heavy (non-hydrogen) atoms. The maximum atomic E-state index is 14.2. The van der Waals surface area contributed by atoms with Crippen molar-refractivity contribution >= 4 is 42.1 Å². The molecule has 0 N–H and O–H groups in total. The normalized spacial score (nSPS) is 14.2. The predicted molar refractivity (Wildman–Crippen MR) is 202 cm³/mol. The third-order valence-electron chi connectivity index (χ3n) is 8.98. The van der Waals surface area contributed by atoms with Crippen LogP contribution in [0.25, 0.3) is 0 Å². The van der Waals surface area contributed by atoms with Gasteiger partial charge in [0, 0.05) is 40.0 Å². The van der Waals surface area contributed by atoms with Crippen LogP contribution in [0, 0.1) is 0 Å². The van der Waals surface area contributed by atoms with Crippen molar-refractivity contribution in [1.82, 2.24) is 4.17 Å². The lowest BCUT2D eigenvalue weighted by atomic mass is 9.12. The molecule has 0 fully saturated rings. The van der Waals surface area contributed by atoms with Gasteiger partial charge in [0.15, 0.2) is 0 Å². The van der Waals surface area contributed by atoms with Crippen LogP contribution >= 0.6 is 14.1 Å². The summed E-state index contributed by atoms with van der Waals surface area (Å²) in [6, 6.07) is -8.81. The fourth-order valence-electron chi connectivity index (χ4n) is 6.88. The Morgan fingerprint density at radius 3 is 0.455 bits per heavy atom. The van der Waals surface area contributed by atoms with E-state index in [0.717, 1.165) is 0 Å². The van der Waals surface area contributed by atoms with E-state index in [1.54, 1.807) is 0 Å². The molecule has 0 atom stereocenters. The van der Waals surface area contributed by atoms with Crippen molar-refractivity contribution in [3.05, 3.63) is 117 Å². The zero-order valence-electron chi connectivity index (χ0n) is 33.9. The highest BCUT2D eigenvalue weighted by Gasteiger charge is 2.47. The number of hydrogen-bond acceptors (Lipinski definition) is 0. The van der Waals surface area contributed by atoms with Gasteiger partial charge in [-0.15, -0.1) is 0 Å². The molecule has 0 aliphatic heterocycles. The van der Waals surface area contributed by atoms with Gasteiger partial charge in [0.2, 0.25) is 14.1 Å². The molecule has 4 aromatic rings. The van der Waals surface area contributed by atoms with Crippen LogP contribution in [0.2, 0.25) is 0 Å². The number of halogens is 24. The first kappa shape index (κ1) is 56.2. The molecule has 0 saturated carbocycles. The van der Waals surface area contributed by atoms with Crippen LogP contribution in [0.5, 0.6) is 0 Å². The lowest BCUT2D eigenvalue weighted by Gasteiger charge is -2.46. The second-order valence-electron chi connectivity index (χ2n) is 16.2. The third-order valence-corrected chi connectivity index (χ3v) is 13.3. The topological polar surface area (TPSA) is 14.1 Å². The van der Waals surface area contributed by atoms with Crippen LogP contribution in [0.4, 0.5) is 105 Å². The second kappa shape index (κ2) is 17.7. The van der Waals surface area contributed by atoms with Gasteiger partial charge in [0.1, 0.15) is 6.15 Å². The largest absolute Gasteiger partial charge is 0.416 e. The average Bonchev–Trinajstić information content (AvgIpc) is 3.07. The smallest absolute Gasteiger partial charge is 0.194 e. The van der Waals surface area contributed by atoms with Gasteiger partial charge in [-0.25, -0.2) is 0 Å². The summed E-state index contributed by atoms with van der Waals surface area (Å²) in [5.41, 5.74) is -30.2. The second-order valence-corrected chi connectivity index (χ2v) is 24.7. The number of hydrogen-bond donors (Lipinski definition) is 0. The van der Waals surface area contributed by atoms with Crippen LogP contribution < -0.4 is 26.0 Å². The Morgan fingerprint density at radius 1 is 0.258 bits per heavy atom. The predicted octanol–water partition coefficient (Wildman–Crippen LogP) is 13.4. The lowest BCUT2D eigenvalue weighted by Crippen LogP contribution is -2.75. The minimum atomic E-state index is -6.13. The Morgan fingerprint density at radius 2 is 0.379 bits per heavy atom. The van der Waals surface area contributed by atoms with Crippen molar-refractivity contribution in [1.29, 1.82) is 0 Å². The minimum absolute atomic E-state index is 0.691. The number of benzene rings is 4. The summed E-state index contributed by atoms with van der Waals surface area (Å²) in [6.07, 6.45) is -54.8. The fraction of sp³-hybridized carbons (Fsp3) is 0.368. The van der Waals surface area contributed by atoms with E-state index >= 15 is 0 Å². The SMILES string of the molecule is CP(C)(C)=[N+]=P(C)(C)C.FC(F)(F)c1cc([B-](c2cc(C(F)(F)F)cc(C(F)(F)F)c2)(c2cc(C(F)(F)F)cc(C(F)(F)F)c2)c2cc(C(F)(F)F)cc(C(F)(F)F)c2)cc(C(F)(F)F)c1. The van der Waals surface area contributed by atoms with E-state index in [0.29, 0.717) is 0 Å². The Kier molecular flexibility index (Phi) is 15.1. The zero-order chi connectivity index (χ0) is 51.6. The summed E-state index contributed by atoms with van der Waals surface area (Å²) in [7, 11) is -1.73. The molecule has 28 heteroatoms. The van der Waals surface area contributed by atoms with Crippen molar-refractivity contribution in [2.24, 2.45) is 0 Å². The standard InChI is InChI=1S/C32H12BF24.C6H18NP2/c34-25(35,36)13-1-14(26(37,38)39)6-21(5-13)33(22-7-15(27(40,41)42)2-16(8-22)28(43,44)45,23-9-17(29(46,47)48)3-18(10-23)30(49,50)51)24-11-19(31(52,53)54)4-20(12-24)32(55,56)57;1-8(2,3)7-9(4,5)6/h1-12H;1-6H3/q-1;+1. The number of rotatable bonds is 4. The van der Waals surface area contributed by atoms with E-state index in [-0.39, 0.29) is 0 Å². The quantitative estimate of drug-likeness (QED) is 0.0837. The minimum Gasteiger partial charge on any atom is -0.194 e. The first-order chi connectivity index (χ1) is 29.0. The van der Waals surface area contributed by atoms with Crippen LogP contribution in [0.1, 0.15) is 44.5 Å². The molecule has 0 amide bonds. The van der Waals surface area contributed by atoms with Gasteiger partial charge >= 0.3 is 49.4 Å². The van der Waals surface area contributed by atoms with Crippen molar-refractivity contribution in [2.45, 2.75) is 49.4 Å². The Labute approximate surface area is 358 Å². The molecule has 0 aliphatic rings. The Bertz CT molecular complexity index is 2080. The van der Waals surface area contributed by atoms with Crippen LogP contribution in [0.15, 0.2) is 72.8 Å². The van der Waals surface area contributed by atoms with Gasteiger partial charge in [-0.05, 0) is 24.3 Å². The zero-order valence-corrected chi connectivity index (χ0v) is 35.7. The molecule has 0 saturated heterocycles. The van der Waals surface area contributed by atoms with Crippen molar-refractivity contribution < 1.29 is 105 Å². The van der Waals surface area contributed by atoms with Crippen molar-refractivity contribution in [3.8, 4) is 0 Å². The first-order valence-corrected chi connectivity index (χ1v) is 23.9. The van der Waals surface area contributed by atoms with Crippen LogP contribution in [0.3, 0.4) is 0 Å². The van der Waals surface area contributed by atoms with Crippen molar-refractivity contribution in [2.75, 3.05) is 40.0 Å². The van der Waals surface area contributed by atoms with E-state index in [1.165, 1.54) is 0 Å². The molecule has 368 valence electrons. The maximum Gasteiger partial charge on any atom is 0.416 e. The van der Waals surface area contributed by atoms with Crippen LogP contribution in [-0.4, -0.2) is 46.1 Å². The fourth-order valence-corrected chi connectivity index (χ4v) is 13.3. The number of alkyl halides is 24. The van der Waals surface area contributed by atoms with E-state index < -0.39 is 209 Å². The summed E-state index contributed by atoms with van der Waals surface area (Å²) in [5.74, 6) is 0. The summed E-state index contributed by atoms with van der Waals surface area (Å²) in [6.45, 7) is 13.6. The molecule has 0 bridgehead atoms. The molecule has 4 aromatic carbocycles. The summed E-state index contributed by atoms with van der Waals surface area (Å²) in [5, 5.41) is 0. The molecule has 0 unspecified atom stereocenters.